The molecule has 16 heavy (non-hydrogen) atoms. The highest BCUT2D eigenvalue weighted by Gasteiger charge is 2.15. The molecule has 0 aliphatic carbocycles. The first-order chi connectivity index (χ1) is 7.86. The lowest BCUT2D eigenvalue weighted by Crippen LogP contribution is -2.31. The van der Waals surface area contributed by atoms with E-state index in [-0.39, 0.29) is 5.56 Å². The van der Waals surface area contributed by atoms with E-state index in [1.165, 1.54) is 6.26 Å². The van der Waals surface area contributed by atoms with Gasteiger partial charge in [-0.05, 0) is 5.56 Å². The van der Waals surface area contributed by atoms with Gasteiger partial charge in [-0.1, -0.05) is 11.2 Å². The number of pyridine rings is 1. The molecule has 5 heteroatoms. The van der Waals surface area contributed by atoms with Crippen LogP contribution in [0.2, 0.25) is 0 Å². The third-order valence-corrected chi connectivity index (χ3v) is 2.80. The van der Waals surface area contributed by atoms with Crippen LogP contribution >= 0.6 is 0 Å². The molecule has 0 saturated heterocycles. The Morgan fingerprint density at radius 3 is 3.12 bits per heavy atom. The monoisotopic (exact) mass is 217 g/mol. The highest BCUT2D eigenvalue weighted by molar-refractivity contribution is 5.31. The number of nitrogens with one attached hydrogen (secondary N) is 1. The largest absolute Gasteiger partial charge is 0.363 e. The number of hydrogen-bond donors (Lipinski definition) is 1. The molecule has 0 saturated carbocycles. The van der Waals surface area contributed by atoms with Gasteiger partial charge < -0.3 is 9.84 Å². The molecule has 0 bridgehead atoms. The standard InChI is InChI=1S/C11H11N3O2/c15-11-2-1-8-7-12-5-3-9(8)14(11)10-4-6-16-13-10/h1-2,4,6,12H,3,5,7H2. The van der Waals surface area contributed by atoms with Crippen LogP contribution in [0.25, 0.3) is 5.82 Å². The second-order valence-electron chi connectivity index (χ2n) is 3.76. The second-order valence-corrected chi connectivity index (χ2v) is 3.76. The van der Waals surface area contributed by atoms with Crippen LogP contribution in [0.4, 0.5) is 0 Å². The molecule has 0 radical (unpaired) electrons. The summed E-state index contributed by atoms with van der Waals surface area (Å²) in [6.07, 6.45) is 2.31. The fourth-order valence-corrected chi connectivity index (χ4v) is 2.06. The fourth-order valence-electron chi connectivity index (χ4n) is 2.06. The lowest BCUT2D eigenvalue weighted by Gasteiger charge is -2.20. The summed E-state index contributed by atoms with van der Waals surface area (Å²) < 4.78 is 6.41. The molecule has 3 heterocycles. The van der Waals surface area contributed by atoms with Crippen LogP contribution in [-0.4, -0.2) is 16.3 Å². The highest BCUT2D eigenvalue weighted by atomic mass is 16.5. The van der Waals surface area contributed by atoms with Gasteiger partial charge in [-0.15, -0.1) is 0 Å². The molecule has 0 amide bonds. The molecule has 1 aliphatic rings. The zero-order chi connectivity index (χ0) is 11.0. The predicted molar refractivity (Wildman–Crippen MR) is 57.5 cm³/mol. The fraction of sp³-hybridized carbons (Fsp3) is 0.273. The molecule has 2 aromatic rings. The number of hydrogen-bond acceptors (Lipinski definition) is 4. The van der Waals surface area contributed by atoms with E-state index in [2.05, 4.69) is 10.5 Å². The van der Waals surface area contributed by atoms with Gasteiger partial charge in [0.05, 0.1) is 0 Å². The van der Waals surface area contributed by atoms with Gasteiger partial charge in [0, 0.05) is 37.3 Å². The van der Waals surface area contributed by atoms with E-state index < -0.39 is 0 Å². The van der Waals surface area contributed by atoms with Crippen molar-refractivity contribution in [2.75, 3.05) is 6.54 Å². The summed E-state index contributed by atoms with van der Waals surface area (Å²) in [6.45, 7) is 1.68. The molecule has 82 valence electrons. The third-order valence-electron chi connectivity index (χ3n) is 2.80. The van der Waals surface area contributed by atoms with Gasteiger partial charge in [-0.2, -0.15) is 0 Å². The van der Waals surface area contributed by atoms with Gasteiger partial charge >= 0.3 is 0 Å². The van der Waals surface area contributed by atoms with Gasteiger partial charge in [0.25, 0.3) is 5.56 Å². The first kappa shape index (κ1) is 9.35. The summed E-state index contributed by atoms with van der Waals surface area (Å²) >= 11 is 0. The quantitative estimate of drug-likeness (QED) is 0.754. The first-order valence-corrected chi connectivity index (χ1v) is 5.21. The molecular weight excluding hydrogens is 206 g/mol. The van der Waals surface area contributed by atoms with E-state index in [0.29, 0.717) is 5.82 Å². The van der Waals surface area contributed by atoms with Crippen LogP contribution < -0.4 is 10.9 Å². The summed E-state index contributed by atoms with van der Waals surface area (Å²) in [4.78, 5) is 11.9. The van der Waals surface area contributed by atoms with E-state index in [1.54, 1.807) is 16.7 Å². The van der Waals surface area contributed by atoms with Crippen LogP contribution in [0.1, 0.15) is 11.3 Å². The average Bonchev–Trinajstić information content (AvgIpc) is 2.82. The van der Waals surface area contributed by atoms with Crippen molar-refractivity contribution in [2.45, 2.75) is 13.0 Å². The van der Waals surface area contributed by atoms with Crippen molar-refractivity contribution in [3.8, 4) is 5.82 Å². The van der Waals surface area contributed by atoms with Gasteiger partial charge in [-0.25, -0.2) is 0 Å². The minimum atomic E-state index is -0.0606. The lowest BCUT2D eigenvalue weighted by molar-refractivity contribution is 0.415. The van der Waals surface area contributed by atoms with E-state index in [0.717, 1.165) is 30.8 Å². The maximum Gasteiger partial charge on any atom is 0.256 e. The SMILES string of the molecule is O=c1ccc2c(n1-c1ccon1)CCNC2. The number of aromatic nitrogens is 2. The van der Waals surface area contributed by atoms with E-state index in [4.69, 9.17) is 4.52 Å². The van der Waals surface area contributed by atoms with Crippen molar-refractivity contribution in [1.29, 1.82) is 0 Å². The van der Waals surface area contributed by atoms with Crippen LogP contribution in [0.5, 0.6) is 0 Å². The van der Waals surface area contributed by atoms with Crippen molar-refractivity contribution in [2.24, 2.45) is 0 Å². The molecule has 2 aromatic heterocycles. The molecule has 1 aliphatic heterocycles. The summed E-state index contributed by atoms with van der Waals surface area (Å²) in [5.41, 5.74) is 2.11. The van der Waals surface area contributed by atoms with Crippen LogP contribution in [0.3, 0.4) is 0 Å². The maximum atomic E-state index is 11.9. The van der Waals surface area contributed by atoms with Crippen molar-refractivity contribution < 1.29 is 4.52 Å². The van der Waals surface area contributed by atoms with Gasteiger partial charge in [0.15, 0.2) is 5.82 Å². The molecular formula is C11H11N3O2. The smallest absolute Gasteiger partial charge is 0.256 e. The number of rotatable bonds is 1. The number of nitrogens with zero attached hydrogens (tertiary/aromatic N) is 2. The molecule has 0 unspecified atom stereocenters. The van der Waals surface area contributed by atoms with Crippen molar-refractivity contribution >= 4 is 0 Å². The van der Waals surface area contributed by atoms with E-state index >= 15 is 0 Å². The van der Waals surface area contributed by atoms with E-state index in [1.807, 2.05) is 6.07 Å². The maximum absolute atomic E-state index is 11.9. The van der Waals surface area contributed by atoms with Gasteiger partial charge in [-0.3, -0.25) is 9.36 Å². The van der Waals surface area contributed by atoms with Crippen LogP contribution in [-0.2, 0) is 13.0 Å². The molecule has 0 atom stereocenters. The Morgan fingerprint density at radius 2 is 2.31 bits per heavy atom. The Labute approximate surface area is 91.7 Å². The molecule has 1 N–H and O–H groups in total. The summed E-state index contributed by atoms with van der Waals surface area (Å²) in [5, 5.41) is 7.10. The molecule has 5 nitrogen and oxygen atoms in total. The third kappa shape index (κ3) is 1.37. The van der Waals surface area contributed by atoms with Crippen LogP contribution in [0.15, 0.2) is 33.8 Å². The van der Waals surface area contributed by atoms with Crippen molar-refractivity contribution in [3.05, 3.63) is 46.1 Å². The Kier molecular flexibility index (Phi) is 2.11. The lowest BCUT2D eigenvalue weighted by atomic mass is 10.1. The zero-order valence-corrected chi connectivity index (χ0v) is 8.64. The Hall–Kier alpha value is -1.88. The minimum Gasteiger partial charge on any atom is -0.363 e. The topological polar surface area (TPSA) is 60.1 Å². The minimum absolute atomic E-state index is 0.0606. The summed E-state index contributed by atoms with van der Waals surface area (Å²) in [6, 6.07) is 5.14. The van der Waals surface area contributed by atoms with Gasteiger partial charge in [0.2, 0.25) is 0 Å². The Bertz CT molecular complexity index is 557. The first-order valence-electron chi connectivity index (χ1n) is 5.21. The highest BCUT2D eigenvalue weighted by Crippen LogP contribution is 2.14. The molecule has 3 rings (SSSR count). The van der Waals surface area contributed by atoms with Gasteiger partial charge in [0.1, 0.15) is 6.26 Å². The van der Waals surface area contributed by atoms with Crippen LogP contribution in [0, 0.1) is 0 Å². The van der Waals surface area contributed by atoms with Crippen molar-refractivity contribution in [1.82, 2.24) is 15.0 Å². The summed E-state index contributed by atoms with van der Waals surface area (Å²) in [7, 11) is 0. The van der Waals surface area contributed by atoms with Crippen molar-refractivity contribution in [3.63, 3.8) is 0 Å². The van der Waals surface area contributed by atoms with E-state index in [9.17, 15) is 4.79 Å². The number of fused-ring (bicyclic) bond motifs is 1. The Morgan fingerprint density at radius 1 is 1.38 bits per heavy atom. The normalized spacial score (nSPS) is 14.8. The summed E-state index contributed by atoms with van der Waals surface area (Å²) in [5.74, 6) is 0.559. The molecule has 0 fully saturated rings. The molecule has 0 spiro atoms. The Balaban J connectivity index is 2.27. The average molecular weight is 217 g/mol. The second kappa shape index (κ2) is 3.61. The zero-order valence-electron chi connectivity index (χ0n) is 8.64. The molecule has 0 aromatic carbocycles. The predicted octanol–water partition coefficient (Wildman–Crippen LogP) is 0.471.